The van der Waals surface area contributed by atoms with Crippen molar-refractivity contribution in [3.05, 3.63) is 34.3 Å². The molecule has 1 heterocycles. The fourth-order valence-corrected chi connectivity index (χ4v) is 2.67. The summed E-state index contributed by atoms with van der Waals surface area (Å²) in [6, 6.07) is 8.91. The number of hydrogen-bond acceptors (Lipinski definition) is 2. The molecule has 0 radical (unpaired) electrons. The fraction of sp³-hybridized carbons (Fsp3) is 0.538. The van der Waals surface area contributed by atoms with E-state index in [0.29, 0.717) is 6.04 Å². The molecule has 3 heteroatoms. The topological polar surface area (TPSA) is 23.5 Å². The molecule has 0 spiro atoms. The summed E-state index contributed by atoms with van der Waals surface area (Å²) in [5.41, 5.74) is 1.34. The zero-order chi connectivity index (χ0) is 11.5. The predicted molar refractivity (Wildman–Crippen MR) is 69.4 cm³/mol. The van der Waals surface area contributed by atoms with Gasteiger partial charge in [0.15, 0.2) is 0 Å². The monoisotopic (exact) mass is 283 g/mol. The summed E-state index contributed by atoms with van der Waals surface area (Å²) in [6.45, 7) is 4.23. The van der Waals surface area contributed by atoms with Gasteiger partial charge in [0.1, 0.15) is 0 Å². The highest BCUT2D eigenvalue weighted by Gasteiger charge is 2.22. The molecule has 1 atom stereocenters. The van der Waals surface area contributed by atoms with Crippen LogP contribution in [0, 0.1) is 0 Å². The lowest BCUT2D eigenvalue weighted by Gasteiger charge is -2.34. The van der Waals surface area contributed by atoms with Crippen LogP contribution in [0.15, 0.2) is 28.7 Å². The molecule has 2 nitrogen and oxygen atoms in total. The number of benzene rings is 1. The van der Waals surface area contributed by atoms with Crippen molar-refractivity contribution in [3.63, 3.8) is 0 Å². The van der Waals surface area contributed by atoms with Gasteiger partial charge in [0, 0.05) is 23.6 Å². The van der Waals surface area contributed by atoms with Crippen LogP contribution in [0.5, 0.6) is 0 Å². The van der Waals surface area contributed by atoms with E-state index in [1.807, 2.05) is 0 Å². The van der Waals surface area contributed by atoms with E-state index in [-0.39, 0.29) is 6.10 Å². The number of likely N-dealkylation sites (tertiary alicyclic amines) is 1. The zero-order valence-electron chi connectivity index (χ0n) is 9.56. The highest BCUT2D eigenvalue weighted by molar-refractivity contribution is 9.10. The standard InChI is InChI=1S/C13H18BrNO/c1-10(11-3-2-4-12(14)9-11)15-7-5-13(16)6-8-15/h2-4,9-10,13,16H,5-8H2,1H3/t10-/m1/s1. The maximum absolute atomic E-state index is 9.49. The van der Waals surface area contributed by atoms with Crippen LogP contribution in [-0.2, 0) is 0 Å². The first-order chi connectivity index (χ1) is 7.66. The van der Waals surface area contributed by atoms with Gasteiger partial charge in [-0.15, -0.1) is 0 Å². The second-order valence-electron chi connectivity index (χ2n) is 4.50. The number of aliphatic hydroxyl groups excluding tert-OH is 1. The molecular formula is C13H18BrNO. The van der Waals surface area contributed by atoms with Gasteiger partial charge < -0.3 is 5.11 Å². The SMILES string of the molecule is C[C@H](c1cccc(Br)c1)N1CCC(O)CC1. The van der Waals surface area contributed by atoms with E-state index in [9.17, 15) is 5.11 Å². The Morgan fingerprint density at radius 1 is 1.38 bits per heavy atom. The van der Waals surface area contributed by atoms with Crippen LogP contribution in [0.2, 0.25) is 0 Å². The maximum Gasteiger partial charge on any atom is 0.0564 e. The Hall–Kier alpha value is -0.380. The molecule has 88 valence electrons. The Labute approximate surface area is 105 Å². The van der Waals surface area contributed by atoms with Gasteiger partial charge in [-0.05, 0) is 37.5 Å². The minimum absolute atomic E-state index is 0.0917. The molecule has 1 N–H and O–H groups in total. The summed E-state index contributed by atoms with van der Waals surface area (Å²) < 4.78 is 1.13. The van der Waals surface area contributed by atoms with Crippen molar-refractivity contribution >= 4 is 15.9 Å². The van der Waals surface area contributed by atoms with Crippen molar-refractivity contribution in [2.24, 2.45) is 0 Å². The predicted octanol–water partition coefficient (Wildman–Crippen LogP) is 2.97. The summed E-state index contributed by atoms with van der Waals surface area (Å²) in [5, 5.41) is 9.49. The van der Waals surface area contributed by atoms with E-state index < -0.39 is 0 Å². The number of aliphatic hydroxyl groups is 1. The zero-order valence-corrected chi connectivity index (χ0v) is 11.2. The molecule has 1 fully saturated rings. The van der Waals surface area contributed by atoms with Crippen molar-refractivity contribution < 1.29 is 5.11 Å². The first-order valence-electron chi connectivity index (χ1n) is 5.84. The van der Waals surface area contributed by atoms with Crippen molar-refractivity contribution in [2.75, 3.05) is 13.1 Å². The van der Waals surface area contributed by atoms with Gasteiger partial charge in [0.05, 0.1) is 6.10 Å². The van der Waals surface area contributed by atoms with Gasteiger partial charge >= 0.3 is 0 Å². The maximum atomic E-state index is 9.49. The van der Waals surface area contributed by atoms with Crippen LogP contribution in [0.4, 0.5) is 0 Å². The normalized spacial score (nSPS) is 20.9. The molecule has 0 bridgehead atoms. The third-order valence-electron chi connectivity index (χ3n) is 3.38. The lowest BCUT2D eigenvalue weighted by atomic mass is 10.0. The molecule has 0 aromatic heterocycles. The lowest BCUT2D eigenvalue weighted by molar-refractivity contribution is 0.0645. The van der Waals surface area contributed by atoms with Gasteiger partial charge in [-0.25, -0.2) is 0 Å². The van der Waals surface area contributed by atoms with Crippen molar-refractivity contribution in [1.29, 1.82) is 0 Å². The molecule has 0 unspecified atom stereocenters. The average molecular weight is 284 g/mol. The Morgan fingerprint density at radius 2 is 2.06 bits per heavy atom. The van der Waals surface area contributed by atoms with Crippen LogP contribution in [0.1, 0.15) is 31.4 Å². The highest BCUT2D eigenvalue weighted by Crippen LogP contribution is 2.25. The van der Waals surface area contributed by atoms with E-state index in [2.05, 4.69) is 52.0 Å². The quantitative estimate of drug-likeness (QED) is 0.902. The van der Waals surface area contributed by atoms with Crippen LogP contribution in [0.25, 0.3) is 0 Å². The molecule has 2 rings (SSSR count). The van der Waals surface area contributed by atoms with E-state index in [1.165, 1.54) is 5.56 Å². The first-order valence-corrected chi connectivity index (χ1v) is 6.63. The summed E-state index contributed by atoms with van der Waals surface area (Å²) >= 11 is 3.51. The Balaban J connectivity index is 2.04. The van der Waals surface area contributed by atoms with Crippen molar-refractivity contribution in [2.45, 2.75) is 31.9 Å². The van der Waals surface area contributed by atoms with Gasteiger partial charge in [0.25, 0.3) is 0 Å². The first kappa shape index (κ1) is 12.1. The number of halogens is 1. The Bertz CT molecular complexity index is 348. The van der Waals surface area contributed by atoms with Gasteiger partial charge in [0.2, 0.25) is 0 Å². The number of hydrogen-bond donors (Lipinski definition) is 1. The van der Waals surface area contributed by atoms with Crippen LogP contribution >= 0.6 is 15.9 Å². The molecule has 16 heavy (non-hydrogen) atoms. The van der Waals surface area contributed by atoms with E-state index in [4.69, 9.17) is 0 Å². The highest BCUT2D eigenvalue weighted by atomic mass is 79.9. The van der Waals surface area contributed by atoms with E-state index in [0.717, 1.165) is 30.4 Å². The second kappa shape index (κ2) is 5.30. The van der Waals surface area contributed by atoms with Crippen molar-refractivity contribution in [3.8, 4) is 0 Å². The van der Waals surface area contributed by atoms with Gasteiger partial charge in [-0.2, -0.15) is 0 Å². The largest absolute Gasteiger partial charge is 0.393 e. The molecule has 0 saturated carbocycles. The molecule has 1 aromatic carbocycles. The third kappa shape index (κ3) is 2.84. The minimum Gasteiger partial charge on any atom is -0.393 e. The second-order valence-corrected chi connectivity index (χ2v) is 5.41. The van der Waals surface area contributed by atoms with Crippen LogP contribution in [0.3, 0.4) is 0 Å². The summed E-state index contributed by atoms with van der Waals surface area (Å²) in [7, 11) is 0. The third-order valence-corrected chi connectivity index (χ3v) is 3.87. The lowest BCUT2D eigenvalue weighted by Crippen LogP contribution is -2.37. The summed E-state index contributed by atoms with van der Waals surface area (Å²) in [6.07, 6.45) is 1.71. The number of nitrogens with zero attached hydrogens (tertiary/aromatic N) is 1. The Kier molecular flexibility index (Phi) is 4.00. The molecule has 1 saturated heterocycles. The van der Waals surface area contributed by atoms with Crippen LogP contribution < -0.4 is 0 Å². The van der Waals surface area contributed by atoms with E-state index in [1.54, 1.807) is 0 Å². The summed E-state index contributed by atoms with van der Waals surface area (Å²) in [4.78, 5) is 2.44. The smallest absolute Gasteiger partial charge is 0.0564 e. The minimum atomic E-state index is -0.0917. The molecule has 0 aliphatic carbocycles. The number of rotatable bonds is 2. The van der Waals surface area contributed by atoms with E-state index >= 15 is 0 Å². The molecule has 1 aliphatic heterocycles. The Morgan fingerprint density at radius 3 is 2.69 bits per heavy atom. The molecule has 1 aromatic rings. The molecule has 1 aliphatic rings. The molecular weight excluding hydrogens is 266 g/mol. The number of piperidine rings is 1. The van der Waals surface area contributed by atoms with Gasteiger partial charge in [-0.3, -0.25) is 4.90 Å². The van der Waals surface area contributed by atoms with Crippen LogP contribution in [-0.4, -0.2) is 29.2 Å². The van der Waals surface area contributed by atoms with Crippen molar-refractivity contribution in [1.82, 2.24) is 4.90 Å². The fourth-order valence-electron chi connectivity index (χ4n) is 2.25. The molecule has 0 amide bonds. The van der Waals surface area contributed by atoms with Gasteiger partial charge in [-0.1, -0.05) is 28.1 Å². The average Bonchev–Trinajstić information content (AvgIpc) is 2.29. The summed E-state index contributed by atoms with van der Waals surface area (Å²) in [5.74, 6) is 0.